The first-order valence-corrected chi connectivity index (χ1v) is 4.68. The van der Waals surface area contributed by atoms with Crippen molar-refractivity contribution >= 4 is 24.6 Å². The molecule has 0 spiro atoms. The number of hydrogen-bond donors (Lipinski definition) is 3. The van der Waals surface area contributed by atoms with Gasteiger partial charge in [-0.2, -0.15) is 12.6 Å². The molecule has 0 amide bonds. The summed E-state index contributed by atoms with van der Waals surface area (Å²) in [5, 5.41) is 17.7. The van der Waals surface area contributed by atoms with Crippen LogP contribution in [0.1, 0.15) is 6.92 Å². The van der Waals surface area contributed by atoms with Crippen molar-refractivity contribution in [2.24, 2.45) is 5.73 Å². The Hall–Kier alpha value is 0.366. The van der Waals surface area contributed by atoms with Gasteiger partial charge in [-0.1, -0.05) is 18.2 Å². The van der Waals surface area contributed by atoms with Crippen molar-refractivity contribution < 1.29 is 71.2 Å². The van der Waals surface area contributed by atoms with Crippen LogP contribution in [-0.4, -0.2) is 28.8 Å². The van der Waals surface area contributed by atoms with E-state index in [2.05, 4.69) is 12.6 Å². The van der Waals surface area contributed by atoms with E-state index in [4.69, 9.17) is 10.8 Å². The van der Waals surface area contributed by atoms with Gasteiger partial charge in [0, 0.05) is 5.75 Å². The first-order chi connectivity index (χ1) is 6.95. The zero-order chi connectivity index (χ0) is 12.3. The van der Waals surface area contributed by atoms with Gasteiger partial charge in [0.25, 0.3) is 0 Å². The van der Waals surface area contributed by atoms with E-state index in [1.807, 2.05) is 0 Å². The summed E-state index contributed by atoms with van der Waals surface area (Å²) in [6, 6.07) is -0.816. The third kappa shape index (κ3) is 19.9. The fourth-order valence-electron chi connectivity index (χ4n) is 0.323. The summed E-state index contributed by atoms with van der Waals surface area (Å²) in [5.74, 6) is -1.98. The number of nitrogens with two attached hydrogens (primary N) is 1. The quantitative estimate of drug-likeness (QED) is 0.211. The largest absolute Gasteiger partial charge is 1.00 e. The molecule has 0 unspecified atom stereocenters. The van der Waals surface area contributed by atoms with Crippen LogP contribution in [0.3, 0.4) is 0 Å². The van der Waals surface area contributed by atoms with Crippen LogP contribution in [0.2, 0.25) is 0 Å². The molecule has 0 aliphatic heterocycles. The normalized spacial score (nSPS) is 11.4. The Morgan fingerprint density at radius 1 is 1.50 bits per heavy atom. The number of carboxylic acids is 2. The monoisotopic (exact) mass is 271 g/mol. The Morgan fingerprint density at radius 3 is 2.19 bits per heavy atom. The summed E-state index contributed by atoms with van der Waals surface area (Å²) in [7, 11) is 0. The van der Waals surface area contributed by atoms with Gasteiger partial charge in [-0.15, -0.1) is 0 Å². The van der Waals surface area contributed by atoms with Crippen LogP contribution in [0, 0.1) is 0 Å². The molecule has 0 aromatic heterocycles. The standard InChI is InChI=1S/C6H8O2.C3H7NO2S.K/c1-2-3-4-5-6(7)8;4-2(1-7)3(5)6;/h2-5H,1H3,(H,7,8);2,7H,1,4H2,(H,5,6);/q;;+1/p-1/b3-2+,5-4+;;/t;2-;/m.0./s1. The number of hydrogen-bond acceptors (Lipinski definition) is 5. The number of carboxylic acid groups (broad SMARTS) is 2. The summed E-state index contributed by atoms with van der Waals surface area (Å²) >= 11 is 3.65. The van der Waals surface area contributed by atoms with Gasteiger partial charge in [0.2, 0.25) is 0 Å². The Bertz CT molecular complexity index is 256. The summed E-state index contributed by atoms with van der Waals surface area (Å²) in [6.07, 6.45) is 5.74. The summed E-state index contributed by atoms with van der Waals surface area (Å²) in [5.41, 5.74) is 4.94. The smallest absolute Gasteiger partial charge is 0.545 e. The molecule has 3 N–H and O–H groups in total. The van der Waals surface area contributed by atoms with Crippen LogP contribution in [0.4, 0.5) is 0 Å². The molecular formula is C9H14KNO4S. The summed E-state index contributed by atoms with van der Waals surface area (Å²) in [4.78, 5) is 19.4. The molecule has 0 heterocycles. The van der Waals surface area contributed by atoms with Gasteiger partial charge in [0.1, 0.15) is 6.04 Å². The Labute approximate surface area is 143 Å². The van der Waals surface area contributed by atoms with Gasteiger partial charge in [0.05, 0.1) is 5.97 Å². The van der Waals surface area contributed by atoms with Gasteiger partial charge in [-0.3, -0.25) is 4.79 Å². The second-order valence-electron chi connectivity index (χ2n) is 2.33. The van der Waals surface area contributed by atoms with Crippen LogP contribution in [-0.2, 0) is 9.59 Å². The van der Waals surface area contributed by atoms with Crippen molar-refractivity contribution in [1.82, 2.24) is 0 Å². The average Bonchev–Trinajstić information content (AvgIpc) is 2.17. The number of carbonyl (C=O) groups is 2. The third-order valence-corrected chi connectivity index (χ3v) is 1.44. The second kappa shape index (κ2) is 15.4. The zero-order valence-corrected chi connectivity index (χ0v) is 13.3. The molecule has 0 saturated carbocycles. The van der Waals surface area contributed by atoms with Crippen molar-refractivity contribution in [3.8, 4) is 0 Å². The van der Waals surface area contributed by atoms with Crippen LogP contribution in [0.15, 0.2) is 24.3 Å². The summed E-state index contributed by atoms with van der Waals surface area (Å²) in [6.45, 7) is 1.81. The Balaban J connectivity index is -0.000000200. The maximum atomic E-state index is 9.76. The van der Waals surface area contributed by atoms with E-state index in [9.17, 15) is 14.7 Å². The number of allylic oxidation sites excluding steroid dienone is 3. The Morgan fingerprint density at radius 2 is 2.00 bits per heavy atom. The fourth-order valence-corrected chi connectivity index (χ4v) is 0.480. The van der Waals surface area contributed by atoms with Crippen LogP contribution < -0.4 is 62.2 Å². The first kappa shape index (κ1) is 21.6. The minimum atomic E-state index is -1.16. The molecule has 7 heteroatoms. The molecule has 0 bridgehead atoms. The van der Waals surface area contributed by atoms with E-state index in [-0.39, 0.29) is 57.1 Å². The molecule has 0 radical (unpaired) electrons. The van der Waals surface area contributed by atoms with Gasteiger partial charge in [0.15, 0.2) is 0 Å². The first-order valence-electron chi connectivity index (χ1n) is 4.05. The van der Waals surface area contributed by atoms with E-state index in [1.165, 1.54) is 6.08 Å². The number of thiol groups is 1. The number of aliphatic carboxylic acids is 2. The minimum Gasteiger partial charge on any atom is -0.545 e. The second-order valence-corrected chi connectivity index (χ2v) is 2.70. The van der Waals surface area contributed by atoms with Crippen molar-refractivity contribution in [1.29, 1.82) is 0 Å². The summed E-state index contributed by atoms with van der Waals surface area (Å²) < 4.78 is 0. The van der Waals surface area contributed by atoms with Crippen LogP contribution in [0.25, 0.3) is 0 Å². The maximum absolute atomic E-state index is 9.76. The van der Waals surface area contributed by atoms with Crippen LogP contribution in [0.5, 0.6) is 0 Å². The Kier molecular flexibility index (Phi) is 20.8. The van der Waals surface area contributed by atoms with E-state index in [0.717, 1.165) is 6.08 Å². The molecule has 0 aliphatic rings. The molecule has 0 aliphatic carbocycles. The van der Waals surface area contributed by atoms with Crippen LogP contribution >= 0.6 is 12.6 Å². The molecule has 0 saturated heterocycles. The molecular weight excluding hydrogens is 257 g/mol. The van der Waals surface area contributed by atoms with Crippen molar-refractivity contribution in [3.63, 3.8) is 0 Å². The van der Waals surface area contributed by atoms with E-state index in [1.54, 1.807) is 19.1 Å². The molecule has 16 heavy (non-hydrogen) atoms. The minimum absolute atomic E-state index is 0. The third-order valence-electron chi connectivity index (χ3n) is 1.05. The van der Waals surface area contributed by atoms with Gasteiger partial charge >= 0.3 is 57.4 Å². The molecule has 0 fully saturated rings. The fraction of sp³-hybridized carbons (Fsp3) is 0.333. The van der Waals surface area contributed by atoms with Gasteiger partial charge in [-0.05, 0) is 13.0 Å². The van der Waals surface area contributed by atoms with E-state index in [0.29, 0.717) is 0 Å². The zero-order valence-electron chi connectivity index (χ0n) is 9.29. The molecule has 1 atom stereocenters. The van der Waals surface area contributed by atoms with E-state index >= 15 is 0 Å². The predicted octanol–water partition coefficient (Wildman–Crippen LogP) is -3.80. The van der Waals surface area contributed by atoms with Gasteiger partial charge < -0.3 is 20.7 Å². The molecule has 86 valence electrons. The maximum Gasteiger partial charge on any atom is 1.00 e. The predicted molar refractivity (Wildman–Crippen MR) is 58.4 cm³/mol. The van der Waals surface area contributed by atoms with Crippen molar-refractivity contribution in [2.45, 2.75) is 13.0 Å². The van der Waals surface area contributed by atoms with Crippen molar-refractivity contribution in [2.75, 3.05) is 5.75 Å². The van der Waals surface area contributed by atoms with Gasteiger partial charge in [-0.25, -0.2) is 0 Å². The number of carbonyl (C=O) groups excluding carboxylic acids is 1. The van der Waals surface area contributed by atoms with Crippen molar-refractivity contribution in [3.05, 3.63) is 24.3 Å². The average molecular weight is 271 g/mol. The molecule has 0 aromatic carbocycles. The molecule has 5 nitrogen and oxygen atoms in total. The topological polar surface area (TPSA) is 103 Å². The number of rotatable bonds is 4. The molecule has 0 aromatic rings. The van der Waals surface area contributed by atoms with E-state index < -0.39 is 18.0 Å². The molecule has 0 rings (SSSR count). The SMILES string of the molecule is C/C=C/C=C/C(=O)[O-].N[C@@H](CS)C(=O)O.[K+].